The molecule has 1 N–H and O–H groups in total. The Balaban J connectivity index is 1.63. The van der Waals surface area contributed by atoms with Crippen molar-refractivity contribution in [1.82, 2.24) is 5.32 Å². The van der Waals surface area contributed by atoms with Crippen molar-refractivity contribution in [2.75, 3.05) is 0 Å². The summed E-state index contributed by atoms with van der Waals surface area (Å²) in [5.74, 6) is 3.21. The molecule has 1 aliphatic heterocycles. The number of Topliss-reactive ketones (excluding diaryl/α,β-unsaturated/α-hetero) is 1. The molecule has 1 heterocycles. The average Bonchev–Trinajstić information content (AvgIpc) is 2.85. The van der Waals surface area contributed by atoms with Crippen molar-refractivity contribution in [1.29, 1.82) is 0 Å². The number of nitrogens with one attached hydrogen (secondary N) is 1. The van der Waals surface area contributed by atoms with Gasteiger partial charge in [-0.05, 0) is 80.5 Å². The Morgan fingerprint density at radius 3 is 2.48 bits per heavy atom. The highest BCUT2D eigenvalue weighted by Crippen LogP contribution is 2.65. The van der Waals surface area contributed by atoms with Gasteiger partial charge in [0.15, 0.2) is 0 Å². The van der Waals surface area contributed by atoms with Crippen molar-refractivity contribution < 1.29 is 9.59 Å². The summed E-state index contributed by atoms with van der Waals surface area (Å²) in [6, 6.07) is 0.388. The van der Waals surface area contributed by atoms with E-state index in [2.05, 4.69) is 19.2 Å². The van der Waals surface area contributed by atoms with Crippen molar-refractivity contribution >= 4 is 11.7 Å². The number of rotatable bonds is 1. The SMILES string of the molecule is CC(=O)C1CCC2C3CC[C@@H]4NC(=O)CCC4(C)C3CCC12C. The molecule has 7 atom stereocenters. The summed E-state index contributed by atoms with van der Waals surface area (Å²) in [6.07, 6.45) is 8.96. The molecule has 0 bridgehead atoms. The summed E-state index contributed by atoms with van der Waals surface area (Å²) in [4.78, 5) is 24.0. The van der Waals surface area contributed by atoms with Crippen LogP contribution in [0.4, 0.5) is 0 Å². The van der Waals surface area contributed by atoms with Gasteiger partial charge in [0.05, 0.1) is 0 Å². The Morgan fingerprint density at radius 2 is 1.74 bits per heavy atom. The van der Waals surface area contributed by atoms with Gasteiger partial charge in [-0.25, -0.2) is 0 Å². The van der Waals surface area contributed by atoms with Crippen molar-refractivity contribution in [3.63, 3.8) is 0 Å². The first-order chi connectivity index (χ1) is 10.9. The second-order valence-electron chi connectivity index (χ2n) is 9.37. The molecule has 3 aliphatic carbocycles. The molecule has 4 rings (SSSR count). The maximum atomic E-state index is 12.1. The molecule has 128 valence electrons. The van der Waals surface area contributed by atoms with Crippen molar-refractivity contribution in [2.45, 2.75) is 78.2 Å². The van der Waals surface area contributed by atoms with E-state index in [1.54, 1.807) is 6.92 Å². The quantitative estimate of drug-likeness (QED) is 0.801. The van der Waals surface area contributed by atoms with Gasteiger partial charge in [-0.3, -0.25) is 9.59 Å². The van der Waals surface area contributed by atoms with Gasteiger partial charge in [0.2, 0.25) is 5.91 Å². The monoisotopic (exact) mass is 317 g/mol. The van der Waals surface area contributed by atoms with Crippen LogP contribution >= 0.6 is 0 Å². The van der Waals surface area contributed by atoms with E-state index in [0.717, 1.165) is 37.0 Å². The lowest BCUT2D eigenvalue weighted by atomic mass is 9.47. The Kier molecular flexibility index (Phi) is 3.45. The van der Waals surface area contributed by atoms with Gasteiger partial charge >= 0.3 is 0 Å². The second kappa shape index (κ2) is 5.07. The minimum atomic E-state index is 0.244. The minimum absolute atomic E-state index is 0.244. The average molecular weight is 317 g/mol. The fraction of sp³-hybridized carbons (Fsp3) is 0.900. The fourth-order valence-electron chi connectivity index (χ4n) is 7.37. The van der Waals surface area contributed by atoms with Crippen LogP contribution in [0.5, 0.6) is 0 Å². The van der Waals surface area contributed by atoms with Crippen LogP contribution in [0.3, 0.4) is 0 Å². The van der Waals surface area contributed by atoms with E-state index in [9.17, 15) is 9.59 Å². The van der Waals surface area contributed by atoms with E-state index in [1.165, 1.54) is 25.7 Å². The molecule has 4 aliphatic rings. The molecular weight excluding hydrogens is 286 g/mol. The van der Waals surface area contributed by atoms with E-state index in [-0.39, 0.29) is 16.7 Å². The fourth-order valence-corrected chi connectivity index (χ4v) is 7.37. The maximum absolute atomic E-state index is 12.1. The normalized spacial score (nSPS) is 52.1. The van der Waals surface area contributed by atoms with Crippen molar-refractivity contribution in [3.05, 3.63) is 0 Å². The number of carbonyl (C=O) groups excluding carboxylic acids is 2. The molecule has 4 fully saturated rings. The van der Waals surface area contributed by atoms with E-state index in [4.69, 9.17) is 0 Å². The summed E-state index contributed by atoms with van der Waals surface area (Å²) in [5.41, 5.74) is 0.528. The molecule has 3 nitrogen and oxygen atoms in total. The Bertz CT molecular complexity index is 544. The number of hydrogen-bond acceptors (Lipinski definition) is 2. The van der Waals surface area contributed by atoms with Crippen molar-refractivity contribution in [2.24, 2.45) is 34.5 Å². The third kappa shape index (κ3) is 2.07. The highest BCUT2D eigenvalue weighted by Gasteiger charge is 2.60. The molecule has 6 unspecified atom stereocenters. The van der Waals surface area contributed by atoms with Crippen molar-refractivity contribution in [3.8, 4) is 0 Å². The van der Waals surface area contributed by atoms with Crippen LogP contribution < -0.4 is 5.32 Å². The molecule has 0 aromatic carbocycles. The number of ketones is 1. The first-order valence-electron chi connectivity index (χ1n) is 9.66. The minimum Gasteiger partial charge on any atom is -0.353 e. The van der Waals surface area contributed by atoms with Crippen LogP contribution in [0.15, 0.2) is 0 Å². The standard InChI is InChI=1S/C20H31NO2/c1-12(22)14-5-6-15-13-4-7-17-20(3,11-9-18(23)21-17)16(13)8-10-19(14,15)2/h13-17H,4-11H2,1-3H3,(H,21,23)/t13?,14?,15?,16?,17-,19?,20?/m0/s1. The number of fused-ring (bicyclic) bond motifs is 5. The first kappa shape index (κ1) is 15.7. The lowest BCUT2D eigenvalue weighted by molar-refractivity contribution is -0.140. The summed E-state index contributed by atoms with van der Waals surface area (Å²) in [6.45, 7) is 6.65. The van der Waals surface area contributed by atoms with E-state index >= 15 is 0 Å². The highest BCUT2D eigenvalue weighted by atomic mass is 16.1. The number of piperidine rings is 1. The number of amides is 1. The zero-order chi connectivity index (χ0) is 16.4. The molecule has 3 saturated carbocycles. The summed E-state index contributed by atoms with van der Waals surface area (Å²) in [5, 5.41) is 3.30. The van der Waals surface area contributed by atoms with Crippen LogP contribution in [0, 0.1) is 34.5 Å². The smallest absolute Gasteiger partial charge is 0.220 e. The molecule has 1 saturated heterocycles. The molecule has 3 heteroatoms. The lowest BCUT2D eigenvalue weighted by Gasteiger charge is -2.60. The number of carbonyl (C=O) groups is 2. The van der Waals surface area contributed by atoms with E-state index in [0.29, 0.717) is 24.2 Å². The lowest BCUT2D eigenvalue weighted by Crippen LogP contribution is -2.61. The van der Waals surface area contributed by atoms with E-state index in [1.807, 2.05) is 0 Å². The van der Waals surface area contributed by atoms with Crippen LogP contribution in [-0.4, -0.2) is 17.7 Å². The molecule has 23 heavy (non-hydrogen) atoms. The van der Waals surface area contributed by atoms with Gasteiger partial charge in [-0.1, -0.05) is 13.8 Å². The molecule has 1 amide bonds. The maximum Gasteiger partial charge on any atom is 0.220 e. The molecular formula is C20H31NO2. The Hall–Kier alpha value is -0.860. The van der Waals surface area contributed by atoms with Crippen LogP contribution in [0.25, 0.3) is 0 Å². The van der Waals surface area contributed by atoms with Crippen LogP contribution in [0.1, 0.15) is 72.1 Å². The second-order valence-corrected chi connectivity index (χ2v) is 9.37. The summed E-state index contributed by atoms with van der Waals surface area (Å²) < 4.78 is 0. The van der Waals surface area contributed by atoms with Gasteiger partial charge in [-0.15, -0.1) is 0 Å². The van der Waals surface area contributed by atoms with Gasteiger partial charge in [0.1, 0.15) is 5.78 Å². The van der Waals surface area contributed by atoms with Crippen LogP contribution in [0.2, 0.25) is 0 Å². The first-order valence-corrected chi connectivity index (χ1v) is 9.66. The van der Waals surface area contributed by atoms with Gasteiger partial charge in [0, 0.05) is 18.4 Å². The topological polar surface area (TPSA) is 46.2 Å². The van der Waals surface area contributed by atoms with Gasteiger partial charge in [-0.2, -0.15) is 0 Å². The van der Waals surface area contributed by atoms with E-state index < -0.39 is 0 Å². The Labute approximate surface area is 140 Å². The summed E-state index contributed by atoms with van der Waals surface area (Å²) >= 11 is 0. The largest absolute Gasteiger partial charge is 0.353 e. The zero-order valence-electron chi connectivity index (χ0n) is 14.9. The molecule has 0 aromatic heterocycles. The third-order valence-corrected chi connectivity index (χ3v) is 8.59. The zero-order valence-corrected chi connectivity index (χ0v) is 14.9. The summed E-state index contributed by atoms with van der Waals surface area (Å²) in [7, 11) is 0. The predicted octanol–water partition coefficient (Wildman–Crippen LogP) is 3.71. The predicted molar refractivity (Wildman–Crippen MR) is 89.7 cm³/mol. The van der Waals surface area contributed by atoms with Crippen LogP contribution in [-0.2, 0) is 9.59 Å². The Morgan fingerprint density at radius 1 is 1.00 bits per heavy atom. The van der Waals surface area contributed by atoms with Gasteiger partial charge in [0.25, 0.3) is 0 Å². The van der Waals surface area contributed by atoms with Gasteiger partial charge < -0.3 is 5.32 Å². The molecule has 0 aromatic rings. The molecule has 0 radical (unpaired) electrons. The molecule has 0 spiro atoms. The third-order valence-electron chi connectivity index (χ3n) is 8.59. The number of hydrogen-bond donors (Lipinski definition) is 1. The highest BCUT2D eigenvalue weighted by molar-refractivity contribution is 5.79.